The Morgan fingerprint density at radius 3 is 2.26 bits per heavy atom. The number of hydrogen-bond acceptors (Lipinski definition) is 2. The van der Waals surface area contributed by atoms with E-state index in [2.05, 4.69) is 37.9 Å². The Bertz CT molecular complexity index is 265. The third-order valence-corrected chi connectivity index (χ3v) is 5.34. The zero-order valence-corrected chi connectivity index (χ0v) is 13.5. The first kappa shape index (κ1) is 15.3. The molecule has 0 amide bonds. The first-order valence-electron chi connectivity index (χ1n) is 8.49. The molecule has 0 aromatic heterocycles. The maximum Gasteiger partial charge on any atom is 0.0348 e. The average molecular weight is 266 g/mol. The minimum absolute atomic E-state index is 0.502. The van der Waals surface area contributed by atoms with Crippen molar-refractivity contribution in [2.24, 2.45) is 11.3 Å². The summed E-state index contributed by atoms with van der Waals surface area (Å²) in [5, 5.41) is 3.45. The van der Waals surface area contributed by atoms with Crippen LogP contribution in [0, 0.1) is 11.3 Å². The molecule has 1 saturated heterocycles. The van der Waals surface area contributed by atoms with Gasteiger partial charge in [-0.15, -0.1) is 0 Å². The summed E-state index contributed by atoms with van der Waals surface area (Å²) in [6.45, 7) is 13.4. The summed E-state index contributed by atoms with van der Waals surface area (Å²) in [4.78, 5) is 2.83. The lowest BCUT2D eigenvalue weighted by Crippen LogP contribution is -2.60. The van der Waals surface area contributed by atoms with Crippen LogP contribution in [0.2, 0.25) is 0 Å². The largest absolute Gasteiger partial charge is 0.314 e. The van der Waals surface area contributed by atoms with Crippen LogP contribution in [0.4, 0.5) is 0 Å². The van der Waals surface area contributed by atoms with Crippen molar-refractivity contribution in [2.75, 3.05) is 19.6 Å². The minimum atomic E-state index is 0.502. The predicted octanol–water partition coefficient (Wildman–Crippen LogP) is 3.67. The Hall–Kier alpha value is -0.0800. The fourth-order valence-corrected chi connectivity index (χ4v) is 3.91. The lowest BCUT2D eigenvalue weighted by molar-refractivity contribution is 0.0835. The van der Waals surface area contributed by atoms with Crippen molar-refractivity contribution in [1.29, 1.82) is 0 Å². The van der Waals surface area contributed by atoms with Crippen molar-refractivity contribution >= 4 is 0 Å². The molecular formula is C17H34N2. The highest BCUT2D eigenvalue weighted by Crippen LogP contribution is 2.38. The maximum absolute atomic E-state index is 3.45. The van der Waals surface area contributed by atoms with Gasteiger partial charge in [-0.2, -0.15) is 0 Å². The monoisotopic (exact) mass is 266 g/mol. The van der Waals surface area contributed by atoms with E-state index in [4.69, 9.17) is 0 Å². The molecule has 1 aliphatic heterocycles. The highest BCUT2D eigenvalue weighted by atomic mass is 15.3. The minimum Gasteiger partial charge on any atom is -0.314 e. The van der Waals surface area contributed by atoms with E-state index in [1.807, 2.05) is 0 Å². The van der Waals surface area contributed by atoms with E-state index in [-0.39, 0.29) is 0 Å². The zero-order valence-electron chi connectivity index (χ0n) is 13.5. The van der Waals surface area contributed by atoms with Gasteiger partial charge in [-0.05, 0) is 50.0 Å². The van der Waals surface area contributed by atoms with Crippen molar-refractivity contribution in [3.63, 3.8) is 0 Å². The lowest BCUT2D eigenvalue weighted by atomic mass is 9.76. The van der Waals surface area contributed by atoms with Crippen LogP contribution in [0.5, 0.6) is 0 Å². The number of nitrogens with one attached hydrogen (secondary N) is 1. The van der Waals surface area contributed by atoms with E-state index < -0.39 is 0 Å². The molecule has 2 nitrogen and oxygen atoms in total. The summed E-state index contributed by atoms with van der Waals surface area (Å²) in [6, 6.07) is 1.69. The van der Waals surface area contributed by atoms with Crippen LogP contribution in [-0.2, 0) is 0 Å². The first-order chi connectivity index (χ1) is 9.02. The van der Waals surface area contributed by atoms with Crippen molar-refractivity contribution in [2.45, 2.75) is 78.3 Å². The van der Waals surface area contributed by atoms with Crippen molar-refractivity contribution in [3.8, 4) is 0 Å². The molecule has 2 heteroatoms. The summed E-state index contributed by atoms with van der Waals surface area (Å²) in [6.07, 6.45) is 8.49. The first-order valence-corrected chi connectivity index (χ1v) is 8.49. The van der Waals surface area contributed by atoms with Gasteiger partial charge in [0.2, 0.25) is 0 Å². The molecule has 1 aliphatic carbocycles. The molecule has 1 N–H and O–H groups in total. The summed E-state index contributed by atoms with van der Waals surface area (Å²) in [5.74, 6) is 0.931. The van der Waals surface area contributed by atoms with Crippen molar-refractivity contribution in [3.05, 3.63) is 0 Å². The van der Waals surface area contributed by atoms with Gasteiger partial charge in [-0.1, -0.05) is 34.1 Å². The van der Waals surface area contributed by atoms with E-state index in [9.17, 15) is 0 Å². The van der Waals surface area contributed by atoms with E-state index >= 15 is 0 Å². The second-order valence-corrected chi connectivity index (χ2v) is 7.77. The highest BCUT2D eigenvalue weighted by Gasteiger charge is 2.33. The molecule has 1 heterocycles. The van der Waals surface area contributed by atoms with Gasteiger partial charge in [0.25, 0.3) is 0 Å². The quantitative estimate of drug-likeness (QED) is 0.781. The summed E-state index contributed by atoms with van der Waals surface area (Å²) < 4.78 is 0. The SMILES string of the molecule is CCCN(C1CCCC(C(C)(C)C)CC1)C1CNC1. The third-order valence-electron chi connectivity index (χ3n) is 5.34. The van der Waals surface area contributed by atoms with Gasteiger partial charge in [-0.3, -0.25) is 4.90 Å². The van der Waals surface area contributed by atoms with Gasteiger partial charge in [-0.25, -0.2) is 0 Å². The Morgan fingerprint density at radius 1 is 1.00 bits per heavy atom. The normalized spacial score (nSPS) is 30.2. The molecule has 2 rings (SSSR count). The van der Waals surface area contributed by atoms with Crippen LogP contribution in [0.3, 0.4) is 0 Å². The van der Waals surface area contributed by atoms with Gasteiger partial charge >= 0.3 is 0 Å². The molecule has 0 aromatic carbocycles. The molecule has 19 heavy (non-hydrogen) atoms. The van der Waals surface area contributed by atoms with Crippen LogP contribution < -0.4 is 5.32 Å². The van der Waals surface area contributed by atoms with Gasteiger partial charge < -0.3 is 5.32 Å². The van der Waals surface area contributed by atoms with E-state index in [0.29, 0.717) is 5.41 Å². The molecule has 2 unspecified atom stereocenters. The highest BCUT2D eigenvalue weighted by molar-refractivity contribution is 4.90. The van der Waals surface area contributed by atoms with Crippen LogP contribution in [0.1, 0.15) is 66.2 Å². The molecule has 0 spiro atoms. The lowest BCUT2D eigenvalue weighted by Gasteiger charge is -2.43. The second-order valence-electron chi connectivity index (χ2n) is 7.77. The van der Waals surface area contributed by atoms with Crippen LogP contribution in [0.15, 0.2) is 0 Å². The van der Waals surface area contributed by atoms with Gasteiger partial charge in [0.05, 0.1) is 0 Å². The Kier molecular flexibility index (Phi) is 5.30. The molecular weight excluding hydrogens is 232 g/mol. The van der Waals surface area contributed by atoms with Crippen molar-refractivity contribution < 1.29 is 0 Å². The standard InChI is InChI=1S/C17H34N2/c1-5-11-19(16-12-18-13-16)15-8-6-7-14(9-10-15)17(2,3)4/h14-16,18H,5-13H2,1-4H3. The van der Waals surface area contributed by atoms with Gasteiger partial charge in [0.1, 0.15) is 0 Å². The number of hydrogen-bond donors (Lipinski definition) is 1. The van der Waals surface area contributed by atoms with Crippen LogP contribution >= 0.6 is 0 Å². The van der Waals surface area contributed by atoms with Gasteiger partial charge in [0, 0.05) is 25.2 Å². The Morgan fingerprint density at radius 2 is 1.74 bits per heavy atom. The van der Waals surface area contributed by atoms with Crippen LogP contribution in [-0.4, -0.2) is 36.6 Å². The molecule has 2 fully saturated rings. The van der Waals surface area contributed by atoms with E-state index in [1.165, 1.54) is 58.2 Å². The fourth-order valence-electron chi connectivity index (χ4n) is 3.91. The summed E-state index contributed by atoms with van der Waals surface area (Å²) in [7, 11) is 0. The summed E-state index contributed by atoms with van der Waals surface area (Å²) in [5.41, 5.74) is 0.502. The van der Waals surface area contributed by atoms with Crippen LogP contribution in [0.25, 0.3) is 0 Å². The second kappa shape index (κ2) is 6.58. The molecule has 0 bridgehead atoms. The zero-order chi connectivity index (χ0) is 13.9. The molecule has 0 aromatic rings. The topological polar surface area (TPSA) is 15.3 Å². The Balaban J connectivity index is 1.92. The van der Waals surface area contributed by atoms with Gasteiger partial charge in [0.15, 0.2) is 0 Å². The number of rotatable bonds is 4. The average Bonchev–Trinajstić information content (AvgIpc) is 2.50. The van der Waals surface area contributed by atoms with Crippen molar-refractivity contribution in [1.82, 2.24) is 10.2 Å². The molecule has 112 valence electrons. The smallest absolute Gasteiger partial charge is 0.0348 e. The molecule has 2 aliphatic rings. The predicted molar refractivity (Wildman–Crippen MR) is 83.5 cm³/mol. The molecule has 2 atom stereocenters. The van der Waals surface area contributed by atoms with E-state index in [0.717, 1.165) is 18.0 Å². The maximum atomic E-state index is 3.45. The Labute approximate surface area is 120 Å². The summed E-state index contributed by atoms with van der Waals surface area (Å²) >= 11 is 0. The molecule has 0 radical (unpaired) electrons. The van der Waals surface area contributed by atoms with E-state index in [1.54, 1.807) is 0 Å². The molecule has 1 saturated carbocycles. The number of nitrogens with zero attached hydrogens (tertiary/aromatic N) is 1. The third kappa shape index (κ3) is 3.95. The fraction of sp³-hybridized carbons (Fsp3) is 1.00.